The van der Waals surface area contributed by atoms with Gasteiger partial charge in [-0.05, 0) is 19.3 Å². The number of nitrogens with one attached hydrogen (secondary N) is 1. The molecule has 1 aliphatic carbocycles. The Morgan fingerprint density at radius 1 is 0.574 bits per heavy atom. The third-order valence-electron chi connectivity index (χ3n) is 12.1. The fourth-order valence-corrected chi connectivity index (χ4v) is 9.03. The molecule has 0 heterocycles. The van der Waals surface area contributed by atoms with E-state index in [1.165, 1.54) is 147 Å². The normalized spacial score (nSPS) is 23.2. The minimum Gasteiger partial charge on any atom is -0.393 e. The first-order chi connectivity index (χ1) is 29.3. The molecule has 0 bridgehead atoms. The summed E-state index contributed by atoms with van der Waals surface area (Å²) < 4.78 is 22.9. The van der Waals surface area contributed by atoms with E-state index in [0.717, 1.165) is 44.9 Å². The average Bonchev–Trinajstić information content (AvgIpc) is 3.23. The smallest absolute Gasteiger partial charge is 0.393 e. The summed E-state index contributed by atoms with van der Waals surface area (Å²) in [6.45, 7) is 3.74. The zero-order valence-electron chi connectivity index (χ0n) is 38.3. The fraction of sp³-hybridized carbons (Fsp3) is 0.936. The summed E-state index contributed by atoms with van der Waals surface area (Å²) in [6.07, 6.45) is 25.9. The molecule has 362 valence electrons. The number of amides is 1. The van der Waals surface area contributed by atoms with Crippen LogP contribution in [0.1, 0.15) is 219 Å². The molecule has 1 rings (SSSR count). The molecule has 1 fully saturated rings. The van der Waals surface area contributed by atoms with Crippen LogP contribution in [-0.4, -0.2) is 108 Å². The molecule has 0 aromatic heterocycles. The Labute approximate surface area is 370 Å². The van der Waals surface area contributed by atoms with Gasteiger partial charge < -0.3 is 46.0 Å². The molecular weight excluding hydrogens is 801 g/mol. The zero-order valence-corrected chi connectivity index (χ0v) is 39.2. The third kappa shape index (κ3) is 29.2. The van der Waals surface area contributed by atoms with E-state index >= 15 is 0 Å². The third-order valence-corrected chi connectivity index (χ3v) is 13.1. The van der Waals surface area contributed by atoms with Gasteiger partial charge in [0.1, 0.15) is 36.6 Å². The maximum atomic E-state index is 13.0. The van der Waals surface area contributed by atoms with E-state index in [1.54, 1.807) is 6.08 Å². The van der Waals surface area contributed by atoms with E-state index in [2.05, 4.69) is 19.2 Å². The molecule has 61 heavy (non-hydrogen) atoms. The SMILES string of the molecule is CCCCCCCCCCCC/C=C/C(O)C(COP(=O)(O)OC1C(O)C(O)C(O)C(O)C1O)NC(=O)CC(O)CCCCCCCCCCCCCCCCCCCCC. The van der Waals surface area contributed by atoms with E-state index in [-0.39, 0.29) is 6.42 Å². The lowest BCUT2D eigenvalue weighted by Crippen LogP contribution is -2.64. The van der Waals surface area contributed by atoms with Gasteiger partial charge in [-0.3, -0.25) is 13.8 Å². The molecule has 0 aliphatic heterocycles. The van der Waals surface area contributed by atoms with E-state index < -0.39 is 75.2 Å². The van der Waals surface area contributed by atoms with Crippen molar-refractivity contribution >= 4 is 13.7 Å². The Balaban J connectivity index is 2.46. The van der Waals surface area contributed by atoms with Gasteiger partial charge in [0.15, 0.2) is 0 Å². The summed E-state index contributed by atoms with van der Waals surface area (Å²) >= 11 is 0. The summed E-state index contributed by atoms with van der Waals surface area (Å²) in [7, 11) is -5.14. The molecule has 8 unspecified atom stereocenters. The van der Waals surface area contributed by atoms with Crippen molar-refractivity contribution < 1.29 is 59.0 Å². The highest BCUT2D eigenvalue weighted by atomic mass is 31.2. The molecule has 9 N–H and O–H groups in total. The van der Waals surface area contributed by atoms with Crippen LogP contribution in [-0.2, 0) is 18.4 Å². The van der Waals surface area contributed by atoms with Crippen molar-refractivity contribution in [1.82, 2.24) is 5.32 Å². The molecule has 0 aromatic rings. The minimum absolute atomic E-state index is 0.240. The summed E-state index contributed by atoms with van der Waals surface area (Å²) in [4.78, 5) is 23.4. The number of aliphatic hydroxyl groups is 7. The fourth-order valence-electron chi connectivity index (χ4n) is 8.07. The molecule has 0 radical (unpaired) electrons. The molecular formula is C47H92NO12P. The number of phosphoric acid groups is 1. The van der Waals surface area contributed by atoms with Crippen LogP contribution < -0.4 is 5.32 Å². The highest BCUT2D eigenvalue weighted by Crippen LogP contribution is 2.47. The van der Waals surface area contributed by atoms with E-state index in [4.69, 9.17) is 9.05 Å². The first-order valence-electron chi connectivity index (χ1n) is 24.7. The highest BCUT2D eigenvalue weighted by molar-refractivity contribution is 7.47. The van der Waals surface area contributed by atoms with Crippen molar-refractivity contribution in [2.24, 2.45) is 0 Å². The number of allylic oxidation sites excluding steroid dienone is 1. The lowest BCUT2D eigenvalue weighted by atomic mass is 9.85. The number of rotatable bonds is 41. The predicted molar refractivity (Wildman–Crippen MR) is 243 cm³/mol. The van der Waals surface area contributed by atoms with Gasteiger partial charge in [0.05, 0.1) is 31.3 Å². The van der Waals surface area contributed by atoms with Crippen molar-refractivity contribution in [1.29, 1.82) is 0 Å². The van der Waals surface area contributed by atoms with Gasteiger partial charge in [0.2, 0.25) is 5.91 Å². The van der Waals surface area contributed by atoms with Crippen molar-refractivity contribution in [3.63, 3.8) is 0 Å². The monoisotopic (exact) mass is 894 g/mol. The van der Waals surface area contributed by atoms with Crippen LogP contribution >= 0.6 is 7.82 Å². The Kier molecular flexibility index (Phi) is 35.5. The van der Waals surface area contributed by atoms with Gasteiger partial charge >= 0.3 is 7.82 Å². The van der Waals surface area contributed by atoms with Gasteiger partial charge in [-0.2, -0.15) is 0 Å². The lowest BCUT2D eigenvalue weighted by Gasteiger charge is -2.41. The maximum absolute atomic E-state index is 13.0. The predicted octanol–water partition coefficient (Wildman–Crippen LogP) is 8.59. The van der Waals surface area contributed by atoms with Gasteiger partial charge in [-0.15, -0.1) is 0 Å². The van der Waals surface area contributed by atoms with Crippen LogP contribution in [0, 0.1) is 0 Å². The quantitative estimate of drug-likeness (QED) is 0.0160. The van der Waals surface area contributed by atoms with Gasteiger partial charge in [-0.25, -0.2) is 4.57 Å². The van der Waals surface area contributed by atoms with Crippen LogP contribution in [0.2, 0.25) is 0 Å². The second-order valence-corrected chi connectivity index (χ2v) is 19.3. The minimum atomic E-state index is -5.14. The summed E-state index contributed by atoms with van der Waals surface area (Å²) in [5, 5.41) is 74.5. The molecule has 0 aromatic carbocycles. The highest BCUT2D eigenvalue weighted by Gasteiger charge is 2.51. The Morgan fingerprint density at radius 3 is 1.34 bits per heavy atom. The van der Waals surface area contributed by atoms with E-state index in [0.29, 0.717) is 12.8 Å². The average molecular weight is 894 g/mol. The van der Waals surface area contributed by atoms with Gasteiger partial charge in [0.25, 0.3) is 0 Å². The first kappa shape index (κ1) is 58.1. The van der Waals surface area contributed by atoms with Crippen molar-refractivity contribution in [2.75, 3.05) is 6.61 Å². The summed E-state index contributed by atoms with van der Waals surface area (Å²) in [5.41, 5.74) is 0. The molecule has 1 saturated carbocycles. The number of aliphatic hydroxyl groups excluding tert-OH is 7. The standard InChI is InChI=1S/C47H92NO12P/c1-3-5-7-9-11-13-15-17-18-19-20-21-22-23-24-26-28-30-32-34-38(49)36-41(51)48-39(40(50)35-33-31-29-27-25-16-14-12-10-8-6-4-2)37-59-61(57,58)60-47-45(55)43(53)42(52)44(54)46(47)56/h33,35,38-40,42-47,49-50,52-56H,3-32,34,36-37H2,1-2H3,(H,48,51)(H,57,58)/b35-33+. The number of hydrogen-bond acceptors (Lipinski definition) is 11. The van der Waals surface area contributed by atoms with Crippen LogP contribution in [0.25, 0.3) is 0 Å². The Hall–Kier alpha value is -0.960. The van der Waals surface area contributed by atoms with Gasteiger partial charge in [0, 0.05) is 0 Å². The second kappa shape index (κ2) is 37.3. The molecule has 14 heteroatoms. The topological polar surface area (TPSA) is 226 Å². The number of carbonyl (C=O) groups is 1. The molecule has 1 aliphatic rings. The molecule has 13 nitrogen and oxygen atoms in total. The first-order valence-corrected chi connectivity index (χ1v) is 26.2. The number of phosphoric ester groups is 1. The van der Waals surface area contributed by atoms with E-state index in [1.807, 2.05) is 0 Å². The maximum Gasteiger partial charge on any atom is 0.472 e. The van der Waals surface area contributed by atoms with Crippen molar-refractivity contribution in [2.45, 2.75) is 274 Å². The number of hydrogen-bond donors (Lipinski definition) is 9. The van der Waals surface area contributed by atoms with Crippen LogP contribution in [0.3, 0.4) is 0 Å². The largest absolute Gasteiger partial charge is 0.472 e. The summed E-state index contributed by atoms with van der Waals surface area (Å²) in [6, 6.07) is -1.23. The summed E-state index contributed by atoms with van der Waals surface area (Å²) in [5.74, 6) is -0.590. The lowest BCUT2D eigenvalue weighted by molar-refractivity contribution is -0.220. The molecule has 1 amide bonds. The van der Waals surface area contributed by atoms with E-state index in [9.17, 15) is 50.0 Å². The number of unbranched alkanes of at least 4 members (excludes halogenated alkanes) is 28. The molecule has 0 spiro atoms. The Morgan fingerprint density at radius 2 is 0.934 bits per heavy atom. The van der Waals surface area contributed by atoms with Crippen molar-refractivity contribution in [3.8, 4) is 0 Å². The van der Waals surface area contributed by atoms with Crippen LogP contribution in [0.4, 0.5) is 0 Å². The molecule has 0 saturated heterocycles. The second-order valence-electron chi connectivity index (χ2n) is 17.9. The van der Waals surface area contributed by atoms with Crippen LogP contribution in [0.5, 0.6) is 0 Å². The number of carbonyl (C=O) groups excluding carboxylic acids is 1. The molecule has 8 atom stereocenters. The van der Waals surface area contributed by atoms with Gasteiger partial charge in [-0.1, -0.05) is 206 Å². The van der Waals surface area contributed by atoms with Crippen molar-refractivity contribution in [3.05, 3.63) is 12.2 Å². The van der Waals surface area contributed by atoms with Crippen LogP contribution in [0.15, 0.2) is 12.2 Å². The Bertz CT molecular complexity index is 1100. The zero-order chi connectivity index (χ0) is 45.1.